The van der Waals surface area contributed by atoms with Gasteiger partial charge in [-0.1, -0.05) is 24.3 Å². The zero-order valence-corrected chi connectivity index (χ0v) is 9.82. The molecule has 0 aliphatic heterocycles. The topological polar surface area (TPSA) is 48.0 Å². The van der Waals surface area contributed by atoms with Gasteiger partial charge >= 0.3 is 0 Å². The van der Waals surface area contributed by atoms with E-state index in [0.29, 0.717) is 6.54 Å². The van der Waals surface area contributed by atoms with Crippen LogP contribution in [0, 0.1) is 0 Å². The molecule has 3 heteroatoms. The molecule has 0 saturated heterocycles. The highest BCUT2D eigenvalue weighted by Gasteiger charge is 2.13. The number of aromatic amines is 1. The first-order valence-corrected chi connectivity index (χ1v) is 5.88. The molecule has 0 aliphatic carbocycles. The van der Waals surface area contributed by atoms with Gasteiger partial charge < -0.3 is 15.4 Å². The second-order valence-corrected chi connectivity index (χ2v) is 4.04. The molecular weight excluding hydrogens is 212 g/mol. The molecule has 1 aromatic heterocycles. The van der Waals surface area contributed by atoms with Gasteiger partial charge in [-0.05, 0) is 18.1 Å². The standard InChI is InChI=1S/C14H18N2O/c1-2-5-13(15-8-9-17)12-10-16-14-7-4-3-6-11(12)14/h2-4,6-7,10,13,15-17H,1,5,8-9H2/t13-/m0/s1. The third-order valence-electron chi connectivity index (χ3n) is 2.90. The quantitative estimate of drug-likeness (QED) is 0.667. The Morgan fingerprint density at radius 3 is 3.00 bits per heavy atom. The highest BCUT2D eigenvalue weighted by atomic mass is 16.3. The van der Waals surface area contributed by atoms with Crippen LogP contribution in [0.3, 0.4) is 0 Å². The van der Waals surface area contributed by atoms with Crippen molar-refractivity contribution in [3.63, 3.8) is 0 Å². The molecular formula is C14H18N2O. The summed E-state index contributed by atoms with van der Waals surface area (Å²) < 4.78 is 0. The monoisotopic (exact) mass is 230 g/mol. The molecule has 90 valence electrons. The van der Waals surface area contributed by atoms with Crippen molar-refractivity contribution in [2.45, 2.75) is 12.5 Å². The van der Waals surface area contributed by atoms with Crippen molar-refractivity contribution in [3.8, 4) is 0 Å². The Morgan fingerprint density at radius 2 is 2.24 bits per heavy atom. The summed E-state index contributed by atoms with van der Waals surface area (Å²) in [5.74, 6) is 0. The number of benzene rings is 1. The van der Waals surface area contributed by atoms with Crippen molar-refractivity contribution in [2.75, 3.05) is 13.2 Å². The number of rotatable bonds is 6. The van der Waals surface area contributed by atoms with Crippen molar-refractivity contribution in [2.24, 2.45) is 0 Å². The minimum absolute atomic E-state index is 0.149. The maximum atomic E-state index is 8.90. The van der Waals surface area contributed by atoms with E-state index in [2.05, 4.69) is 29.0 Å². The van der Waals surface area contributed by atoms with Crippen LogP contribution in [0.15, 0.2) is 43.1 Å². The van der Waals surface area contributed by atoms with Gasteiger partial charge in [0.15, 0.2) is 0 Å². The van der Waals surface area contributed by atoms with Crippen molar-refractivity contribution in [1.82, 2.24) is 10.3 Å². The minimum atomic E-state index is 0.149. The Hall–Kier alpha value is -1.58. The average Bonchev–Trinajstić information content (AvgIpc) is 2.78. The smallest absolute Gasteiger partial charge is 0.0556 e. The zero-order chi connectivity index (χ0) is 12.1. The van der Waals surface area contributed by atoms with E-state index in [1.165, 1.54) is 10.9 Å². The highest BCUT2D eigenvalue weighted by Crippen LogP contribution is 2.26. The van der Waals surface area contributed by atoms with E-state index in [4.69, 9.17) is 5.11 Å². The molecule has 0 bridgehead atoms. The van der Waals surface area contributed by atoms with Crippen LogP contribution >= 0.6 is 0 Å². The Kier molecular flexibility index (Phi) is 3.96. The summed E-state index contributed by atoms with van der Waals surface area (Å²) in [7, 11) is 0. The van der Waals surface area contributed by atoms with Crippen molar-refractivity contribution >= 4 is 10.9 Å². The Morgan fingerprint density at radius 1 is 1.41 bits per heavy atom. The first kappa shape index (κ1) is 11.9. The second kappa shape index (κ2) is 5.66. The maximum absolute atomic E-state index is 8.90. The summed E-state index contributed by atoms with van der Waals surface area (Å²) >= 11 is 0. The van der Waals surface area contributed by atoms with Gasteiger partial charge in [0.2, 0.25) is 0 Å². The highest BCUT2D eigenvalue weighted by molar-refractivity contribution is 5.83. The number of aromatic nitrogens is 1. The first-order chi connectivity index (χ1) is 8.36. The molecule has 0 amide bonds. The molecule has 3 nitrogen and oxygen atoms in total. The lowest BCUT2D eigenvalue weighted by atomic mass is 10.0. The van der Waals surface area contributed by atoms with Gasteiger partial charge in [0.25, 0.3) is 0 Å². The lowest BCUT2D eigenvalue weighted by Crippen LogP contribution is -2.23. The van der Waals surface area contributed by atoms with Crippen LogP contribution in [0.2, 0.25) is 0 Å². The van der Waals surface area contributed by atoms with E-state index in [9.17, 15) is 0 Å². The van der Waals surface area contributed by atoms with Gasteiger partial charge in [-0.15, -0.1) is 6.58 Å². The Bertz CT molecular complexity index is 490. The number of fused-ring (bicyclic) bond motifs is 1. The fraction of sp³-hybridized carbons (Fsp3) is 0.286. The van der Waals surface area contributed by atoms with Gasteiger partial charge in [0.05, 0.1) is 6.61 Å². The van der Waals surface area contributed by atoms with E-state index < -0.39 is 0 Å². The molecule has 1 heterocycles. The molecule has 1 aromatic carbocycles. The van der Waals surface area contributed by atoms with Crippen LogP contribution in [0.1, 0.15) is 18.0 Å². The van der Waals surface area contributed by atoms with Gasteiger partial charge in [-0.25, -0.2) is 0 Å². The Labute approximate surface area is 101 Å². The second-order valence-electron chi connectivity index (χ2n) is 4.04. The number of hydrogen-bond donors (Lipinski definition) is 3. The number of aliphatic hydroxyl groups excluding tert-OH is 1. The third-order valence-corrected chi connectivity index (χ3v) is 2.90. The molecule has 3 N–H and O–H groups in total. The van der Waals surface area contributed by atoms with E-state index in [1.54, 1.807) is 0 Å². The number of nitrogens with one attached hydrogen (secondary N) is 2. The fourth-order valence-corrected chi connectivity index (χ4v) is 2.11. The van der Waals surface area contributed by atoms with E-state index >= 15 is 0 Å². The lowest BCUT2D eigenvalue weighted by Gasteiger charge is -2.16. The van der Waals surface area contributed by atoms with Crippen LogP contribution in [0.25, 0.3) is 10.9 Å². The average molecular weight is 230 g/mol. The molecule has 17 heavy (non-hydrogen) atoms. The number of aliphatic hydroxyl groups is 1. The molecule has 0 spiro atoms. The summed E-state index contributed by atoms with van der Waals surface area (Å²) in [4.78, 5) is 3.27. The molecule has 1 atom stereocenters. The van der Waals surface area contributed by atoms with Crippen molar-refractivity contribution < 1.29 is 5.11 Å². The molecule has 2 rings (SSSR count). The van der Waals surface area contributed by atoms with Crippen LogP contribution < -0.4 is 5.32 Å². The van der Waals surface area contributed by atoms with Gasteiger partial charge in [-0.2, -0.15) is 0 Å². The zero-order valence-electron chi connectivity index (χ0n) is 9.82. The number of hydrogen-bond acceptors (Lipinski definition) is 2. The largest absolute Gasteiger partial charge is 0.395 e. The van der Waals surface area contributed by atoms with E-state index in [-0.39, 0.29) is 12.6 Å². The van der Waals surface area contributed by atoms with Gasteiger partial charge in [0.1, 0.15) is 0 Å². The normalized spacial score (nSPS) is 12.8. The minimum Gasteiger partial charge on any atom is -0.395 e. The summed E-state index contributed by atoms with van der Waals surface area (Å²) in [5, 5.41) is 13.4. The predicted molar refractivity (Wildman–Crippen MR) is 70.9 cm³/mol. The molecule has 0 aliphatic rings. The van der Waals surface area contributed by atoms with Gasteiger partial charge in [0, 0.05) is 29.7 Å². The molecule has 0 radical (unpaired) electrons. The lowest BCUT2D eigenvalue weighted by molar-refractivity contribution is 0.284. The molecule has 0 saturated carbocycles. The van der Waals surface area contributed by atoms with Crippen LogP contribution in [0.5, 0.6) is 0 Å². The molecule has 2 aromatic rings. The summed E-state index contributed by atoms with van der Waals surface area (Å²) in [6.07, 6.45) is 4.78. The maximum Gasteiger partial charge on any atom is 0.0556 e. The summed E-state index contributed by atoms with van der Waals surface area (Å²) in [6, 6.07) is 8.44. The van der Waals surface area contributed by atoms with E-state index in [1.807, 2.05) is 24.4 Å². The predicted octanol–water partition coefficient (Wildman–Crippen LogP) is 2.37. The van der Waals surface area contributed by atoms with Crippen molar-refractivity contribution in [3.05, 3.63) is 48.7 Å². The number of para-hydroxylation sites is 1. The van der Waals surface area contributed by atoms with Crippen LogP contribution in [-0.2, 0) is 0 Å². The fourth-order valence-electron chi connectivity index (χ4n) is 2.11. The van der Waals surface area contributed by atoms with Crippen LogP contribution in [0.4, 0.5) is 0 Å². The Balaban J connectivity index is 2.30. The molecule has 0 unspecified atom stereocenters. The van der Waals surface area contributed by atoms with E-state index in [0.717, 1.165) is 11.9 Å². The van der Waals surface area contributed by atoms with Gasteiger partial charge in [-0.3, -0.25) is 0 Å². The van der Waals surface area contributed by atoms with Crippen molar-refractivity contribution in [1.29, 1.82) is 0 Å². The summed E-state index contributed by atoms with van der Waals surface area (Å²) in [6.45, 7) is 4.53. The molecule has 0 fully saturated rings. The SMILES string of the molecule is C=CC[C@H](NCCO)c1c[nH]c2ccccc12. The third kappa shape index (κ3) is 2.57. The first-order valence-electron chi connectivity index (χ1n) is 5.88. The number of H-pyrrole nitrogens is 1. The van der Waals surface area contributed by atoms with Crippen LogP contribution in [-0.4, -0.2) is 23.2 Å². The summed E-state index contributed by atoms with van der Waals surface area (Å²) in [5.41, 5.74) is 2.37.